The molecule has 0 saturated heterocycles. The smallest absolute Gasteiger partial charge is 0.462 e. The molecule has 1 saturated carbocycles. The molecular weight excluding hydrogens is 868 g/mol. The van der Waals surface area contributed by atoms with Crippen LogP contribution >= 0.6 is 7.82 Å². The number of aliphatic hydroxyl groups excluding tert-OH is 5. The number of phosphoric ester groups is 1. The fourth-order valence-corrected chi connectivity index (χ4v) is 7.00. The summed E-state index contributed by atoms with van der Waals surface area (Å²) in [6.45, 7) is 2.86. The first-order valence-corrected chi connectivity index (χ1v) is 24.8. The summed E-state index contributed by atoms with van der Waals surface area (Å²) in [7, 11) is -5.20. The van der Waals surface area contributed by atoms with Gasteiger partial charge in [-0.25, -0.2) is 4.57 Å². The van der Waals surface area contributed by atoms with Crippen molar-refractivity contribution >= 4 is 25.5 Å². The van der Waals surface area contributed by atoms with Crippen molar-refractivity contribution in [3.05, 3.63) is 122 Å². The van der Waals surface area contributed by atoms with Gasteiger partial charge in [0, 0.05) is 19.3 Å². The monoisotopic (exact) mass is 945 g/mol. The molecule has 0 radical (unpaired) electrons. The molecule has 0 heterocycles. The highest BCUT2D eigenvalue weighted by molar-refractivity contribution is 7.47. The van der Waals surface area contributed by atoms with Gasteiger partial charge in [-0.1, -0.05) is 142 Å². The Morgan fingerprint density at radius 2 is 1.02 bits per heavy atom. The SMILES string of the molecule is CC/C=C\C/C=C\C/C=C\C/C=C\C/C=C\C/C=C\CCC(=O)O[C@H](COC(=O)CCCC(=O)/C=C/C=C\C/C=C\C/C=C\CCCCC)COP(=O)(O)OC1[C@H](O)[C@H](O)C(O)[C@H](O)[C@H]1O. The molecule has 0 aromatic carbocycles. The van der Waals surface area contributed by atoms with Gasteiger partial charge in [0.1, 0.15) is 43.2 Å². The molecule has 3 unspecified atom stereocenters. The van der Waals surface area contributed by atoms with E-state index in [0.717, 1.165) is 51.4 Å². The molecule has 1 rings (SSSR count). The predicted molar refractivity (Wildman–Crippen MR) is 258 cm³/mol. The molecule has 1 fully saturated rings. The highest BCUT2D eigenvalue weighted by Gasteiger charge is 2.51. The van der Waals surface area contributed by atoms with E-state index in [0.29, 0.717) is 12.8 Å². The maximum atomic E-state index is 12.8. The largest absolute Gasteiger partial charge is 0.472 e. The Morgan fingerprint density at radius 1 is 0.530 bits per heavy atom. The average molecular weight is 945 g/mol. The molecule has 370 valence electrons. The van der Waals surface area contributed by atoms with Crippen LogP contribution in [0.5, 0.6) is 0 Å². The number of hydrogen-bond acceptors (Lipinski definition) is 13. The van der Waals surface area contributed by atoms with Crippen LogP contribution in [0.25, 0.3) is 0 Å². The van der Waals surface area contributed by atoms with Crippen LogP contribution < -0.4 is 0 Å². The van der Waals surface area contributed by atoms with Crippen molar-refractivity contribution in [3.8, 4) is 0 Å². The molecule has 6 N–H and O–H groups in total. The third kappa shape index (κ3) is 31.0. The first kappa shape index (κ1) is 59.9. The topological polar surface area (TPSA) is 227 Å². The second kappa shape index (κ2) is 39.0. The molecule has 0 bridgehead atoms. The Bertz CT molecular complexity index is 1670. The van der Waals surface area contributed by atoms with E-state index in [1.54, 1.807) is 18.2 Å². The minimum absolute atomic E-state index is 0.0738. The maximum absolute atomic E-state index is 12.8. The van der Waals surface area contributed by atoms with Crippen LogP contribution in [0.3, 0.4) is 0 Å². The van der Waals surface area contributed by atoms with Crippen LogP contribution in [-0.4, -0.2) is 104 Å². The number of carbonyl (C=O) groups is 3. The lowest BCUT2D eigenvalue weighted by Gasteiger charge is -2.41. The second-order valence-electron chi connectivity index (χ2n) is 15.6. The van der Waals surface area contributed by atoms with Crippen molar-refractivity contribution in [1.29, 1.82) is 0 Å². The lowest BCUT2D eigenvalue weighted by atomic mass is 9.85. The number of esters is 2. The number of aliphatic hydroxyl groups is 5. The van der Waals surface area contributed by atoms with Gasteiger partial charge in [0.25, 0.3) is 0 Å². The number of ether oxygens (including phenoxy) is 2. The maximum Gasteiger partial charge on any atom is 0.472 e. The zero-order valence-electron chi connectivity index (χ0n) is 38.9. The molecule has 0 aromatic heterocycles. The number of hydrogen-bond donors (Lipinski definition) is 6. The van der Waals surface area contributed by atoms with E-state index < -0.39 is 75.7 Å². The Kier molecular flexibility index (Phi) is 35.4. The molecule has 0 aliphatic heterocycles. The van der Waals surface area contributed by atoms with Gasteiger partial charge < -0.3 is 39.9 Å². The van der Waals surface area contributed by atoms with Crippen molar-refractivity contribution in [2.75, 3.05) is 13.2 Å². The van der Waals surface area contributed by atoms with Gasteiger partial charge >= 0.3 is 19.8 Å². The fraction of sp³-hybridized carbons (Fsp3) is 0.549. The number of allylic oxidation sites excluding steroid dienone is 20. The summed E-state index contributed by atoms with van der Waals surface area (Å²) in [5.41, 5.74) is 0. The number of ketones is 1. The number of phosphoric acid groups is 1. The molecule has 0 aromatic rings. The highest BCUT2D eigenvalue weighted by Crippen LogP contribution is 2.47. The van der Waals surface area contributed by atoms with Gasteiger partial charge in [0.2, 0.25) is 0 Å². The lowest BCUT2D eigenvalue weighted by Crippen LogP contribution is -2.64. The fourth-order valence-electron chi connectivity index (χ4n) is 6.03. The highest BCUT2D eigenvalue weighted by atomic mass is 31.2. The van der Waals surface area contributed by atoms with Gasteiger partial charge in [-0.3, -0.25) is 23.4 Å². The molecule has 0 amide bonds. The van der Waals surface area contributed by atoms with E-state index in [4.69, 9.17) is 18.5 Å². The summed E-state index contributed by atoms with van der Waals surface area (Å²) < 4.78 is 33.2. The van der Waals surface area contributed by atoms with Crippen LogP contribution in [0.2, 0.25) is 0 Å². The van der Waals surface area contributed by atoms with Crippen molar-refractivity contribution in [2.45, 2.75) is 166 Å². The normalized spacial score (nSPS) is 22.3. The van der Waals surface area contributed by atoms with Gasteiger partial charge in [-0.05, 0) is 83.1 Å². The molecule has 0 spiro atoms. The van der Waals surface area contributed by atoms with E-state index in [2.05, 4.69) is 86.8 Å². The average Bonchev–Trinajstić information content (AvgIpc) is 3.29. The molecule has 14 nitrogen and oxygen atoms in total. The van der Waals surface area contributed by atoms with Crippen molar-refractivity contribution in [2.24, 2.45) is 0 Å². The quantitative estimate of drug-likeness (QED) is 0.00864. The first-order chi connectivity index (χ1) is 31.8. The number of carbonyl (C=O) groups excluding carboxylic acids is 3. The molecular formula is C51H77O14P. The van der Waals surface area contributed by atoms with Gasteiger partial charge in [0.05, 0.1) is 6.61 Å². The van der Waals surface area contributed by atoms with Crippen molar-refractivity contribution in [1.82, 2.24) is 0 Å². The van der Waals surface area contributed by atoms with E-state index in [1.807, 2.05) is 24.3 Å². The Labute approximate surface area is 392 Å². The Balaban J connectivity index is 2.61. The predicted octanol–water partition coefficient (Wildman–Crippen LogP) is 8.56. The van der Waals surface area contributed by atoms with E-state index in [1.165, 1.54) is 25.3 Å². The van der Waals surface area contributed by atoms with E-state index >= 15 is 0 Å². The summed E-state index contributed by atoms with van der Waals surface area (Å²) in [6, 6.07) is 0. The molecule has 8 atom stereocenters. The minimum Gasteiger partial charge on any atom is -0.462 e. The van der Waals surface area contributed by atoms with Crippen LogP contribution in [-0.2, 0) is 37.5 Å². The third-order valence-corrected chi connectivity index (χ3v) is 10.8. The van der Waals surface area contributed by atoms with Crippen LogP contribution in [0.1, 0.15) is 123 Å². The summed E-state index contributed by atoms with van der Waals surface area (Å²) >= 11 is 0. The van der Waals surface area contributed by atoms with E-state index in [-0.39, 0.29) is 31.5 Å². The number of rotatable bonds is 36. The standard InChI is InChI=1S/C51H77O14P/c1-3-5-7-9-11-13-15-17-18-19-20-21-22-24-26-28-30-32-34-38-45(54)64-43(41-63-66(60,61)65-51-49(58)47(56)46(55)48(57)50(51)59)40-62-44(53)39-35-37-42(52)36-33-31-29-27-25-23-16-14-12-10-8-6-4-2/h5,7,11-14,17-18,20-21,23-26,29-33,36,43,46-51,55-59H,3-4,6,8-10,15-16,19,22,27-28,34-35,37-41H2,1-2H3,(H,60,61)/b7-5-,13-11-,14-12-,18-17-,21-20-,25-23-,26-24-,31-29-,32-30-,36-33+/t43-,46?,47-,48+,49-,50-,51?/m1/s1. The van der Waals surface area contributed by atoms with Crippen LogP contribution in [0.4, 0.5) is 0 Å². The van der Waals surface area contributed by atoms with Gasteiger partial charge in [-0.15, -0.1) is 0 Å². The van der Waals surface area contributed by atoms with E-state index in [9.17, 15) is 49.4 Å². The number of unbranched alkanes of at least 4 members (excludes halogenated alkanes) is 3. The Morgan fingerprint density at radius 3 is 1.55 bits per heavy atom. The van der Waals surface area contributed by atoms with Crippen LogP contribution in [0.15, 0.2) is 122 Å². The first-order valence-electron chi connectivity index (χ1n) is 23.3. The zero-order chi connectivity index (χ0) is 48.7. The summed E-state index contributed by atoms with van der Waals surface area (Å²) in [5, 5.41) is 50.1. The lowest BCUT2D eigenvalue weighted by molar-refractivity contribution is -0.220. The van der Waals surface area contributed by atoms with Crippen LogP contribution in [0, 0.1) is 0 Å². The Hall–Kier alpha value is -4.08. The summed E-state index contributed by atoms with van der Waals surface area (Å²) in [4.78, 5) is 47.9. The van der Waals surface area contributed by atoms with Gasteiger partial charge in [0.15, 0.2) is 11.9 Å². The molecule has 15 heteroatoms. The minimum atomic E-state index is -5.20. The molecule has 1 aliphatic carbocycles. The molecule has 66 heavy (non-hydrogen) atoms. The van der Waals surface area contributed by atoms with Gasteiger partial charge in [-0.2, -0.15) is 0 Å². The third-order valence-electron chi connectivity index (χ3n) is 9.78. The van der Waals surface area contributed by atoms with Crippen molar-refractivity contribution in [3.63, 3.8) is 0 Å². The summed E-state index contributed by atoms with van der Waals surface area (Å²) in [5.74, 6) is -1.66. The zero-order valence-corrected chi connectivity index (χ0v) is 39.8. The molecule has 1 aliphatic rings. The second-order valence-corrected chi connectivity index (χ2v) is 17.0. The summed E-state index contributed by atoms with van der Waals surface area (Å²) in [6.07, 6.45) is 38.3. The van der Waals surface area contributed by atoms with Crippen molar-refractivity contribution < 1.29 is 67.9 Å².